The number of rotatable bonds is 2. The van der Waals surface area contributed by atoms with E-state index >= 15 is 0 Å². The molecular formula is C20H23N3O3. The number of hydrogen-bond donors (Lipinski definition) is 0. The van der Waals surface area contributed by atoms with Crippen molar-refractivity contribution in [2.75, 3.05) is 19.6 Å². The van der Waals surface area contributed by atoms with Crippen molar-refractivity contribution in [3.63, 3.8) is 0 Å². The second-order valence-electron chi connectivity index (χ2n) is 7.28. The average Bonchev–Trinajstić information content (AvgIpc) is 3.25. The molecule has 3 atom stereocenters. The fourth-order valence-corrected chi connectivity index (χ4v) is 4.42. The summed E-state index contributed by atoms with van der Waals surface area (Å²) in [6.45, 7) is 5.44. The van der Waals surface area contributed by atoms with Gasteiger partial charge in [0.25, 0.3) is 5.91 Å². The van der Waals surface area contributed by atoms with Gasteiger partial charge in [-0.1, -0.05) is 35.5 Å². The Labute approximate surface area is 152 Å². The first-order valence-corrected chi connectivity index (χ1v) is 9.09. The molecule has 4 rings (SSSR count). The molecule has 0 bridgehead atoms. The number of amides is 2. The zero-order valence-electron chi connectivity index (χ0n) is 15.1. The van der Waals surface area contributed by atoms with Crippen molar-refractivity contribution in [3.8, 4) is 0 Å². The van der Waals surface area contributed by atoms with E-state index in [1.54, 1.807) is 19.9 Å². The van der Waals surface area contributed by atoms with Crippen molar-refractivity contribution in [2.45, 2.75) is 32.2 Å². The Hall–Kier alpha value is -2.63. The van der Waals surface area contributed by atoms with E-state index in [0.717, 1.165) is 6.42 Å². The molecule has 2 fully saturated rings. The maximum absolute atomic E-state index is 13.0. The lowest BCUT2D eigenvalue weighted by molar-refractivity contribution is -0.131. The van der Waals surface area contributed by atoms with Crippen molar-refractivity contribution in [1.82, 2.24) is 15.0 Å². The van der Waals surface area contributed by atoms with Gasteiger partial charge < -0.3 is 14.3 Å². The van der Waals surface area contributed by atoms with E-state index in [1.165, 1.54) is 5.56 Å². The molecule has 0 N–H and O–H groups in total. The van der Waals surface area contributed by atoms with Gasteiger partial charge in [-0.15, -0.1) is 0 Å². The molecule has 2 aromatic rings. The van der Waals surface area contributed by atoms with Crippen LogP contribution in [-0.2, 0) is 4.79 Å². The quantitative estimate of drug-likeness (QED) is 0.832. The molecule has 1 aromatic carbocycles. The Morgan fingerprint density at radius 1 is 1.19 bits per heavy atom. The van der Waals surface area contributed by atoms with Crippen molar-refractivity contribution < 1.29 is 14.1 Å². The highest BCUT2D eigenvalue weighted by Crippen LogP contribution is 2.42. The summed E-state index contributed by atoms with van der Waals surface area (Å²) in [6.07, 6.45) is 0.802. The molecular weight excluding hydrogens is 330 g/mol. The van der Waals surface area contributed by atoms with E-state index in [2.05, 4.69) is 17.3 Å². The zero-order valence-corrected chi connectivity index (χ0v) is 15.1. The minimum absolute atomic E-state index is 0.0773. The van der Waals surface area contributed by atoms with E-state index in [4.69, 9.17) is 4.52 Å². The molecule has 26 heavy (non-hydrogen) atoms. The summed E-state index contributed by atoms with van der Waals surface area (Å²) in [5.74, 6) is 1.13. The van der Waals surface area contributed by atoms with Gasteiger partial charge in [0.1, 0.15) is 5.76 Å². The summed E-state index contributed by atoms with van der Waals surface area (Å²) in [4.78, 5) is 28.8. The van der Waals surface area contributed by atoms with Gasteiger partial charge in [0.15, 0.2) is 5.69 Å². The van der Waals surface area contributed by atoms with Crippen LogP contribution in [0.5, 0.6) is 0 Å². The predicted molar refractivity (Wildman–Crippen MR) is 95.6 cm³/mol. The molecule has 0 spiro atoms. The van der Waals surface area contributed by atoms with Crippen LogP contribution in [0.3, 0.4) is 0 Å². The summed E-state index contributed by atoms with van der Waals surface area (Å²) in [7, 11) is 0. The molecule has 0 unspecified atom stereocenters. The van der Waals surface area contributed by atoms with Gasteiger partial charge in [-0.3, -0.25) is 9.59 Å². The number of hydrogen-bond acceptors (Lipinski definition) is 4. The van der Waals surface area contributed by atoms with E-state index in [-0.39, 0.29) is 29.7 Å². The molecule has 2 aliphatic heterocycles. The Morgan fingerprint density at radius 3 is 2.62 bits per heavy atom. The summed E-state index contributed by atoms with van der Waals surface area (Å²) < 4.78 is 5.09. The van der Waals surface area contributed by atoms with Crippen LogP contribution in [0.4, 0.5) is 0 Å². The Balaban J connectivity index is 1.65. The first-order valence-electron chi connectivity index (χ1n) is 9.09. The fraction of sp³-hybridized carbons (Fsp3) is 0.450. The third kappa shape index (κ3) is 2.89. The van der Waals surface area contributed by atoms with Crippen LogP contribution >= 0.6 is 0 Å². The van der Waals surface area contributed by atoms with Crippen molar-refractivity contribution in [3.05, 3.63) is 53.4 Å². The van der Waals surface area contributed by atoms with E-state index in [0.29, 0.717) is 31.1 Å². The lowest BCUT2D eigenvalue weighted by Gasteiger charge is -2.38. The smallest absolute Gasteiger partial charge is 0.276 e. The average molecular weight is 353 g/mol. The Kier molecular flexibility index (Phi) is 4.26. The summed E-state index contributed by atoms with van der Waals surface area (Å²) >= 11 is 0. The van der Waals surface area contributed by atoms with Gasteiger partial charge in [0, 0.05) is 50.5 Å². The van der Waals surface area contributed by atoms with Gasteiger partial charge in [-0.25, -0.2) is 0 Å². The first kappa shape index (κ1) is 16.8. The van der Waals surface area contributed by atoms with E-state index < -0.39 is 0 Å². The minimum atomic E-state index is -0.0773. The Bertz CT molecular complexity index is 817. The molecule has 2 saturated heterocycles. The number of fused-ring (bicyclic) bond motifs is 1. The molecule has 2 aliphatic rings. The summed E-state index contributed by atoms with van der Waals surface area (Å²) in [6, 6.07) is 12.1. The van der Waals surface area contributed by atoms with Crippen molar-refractivity contribution >= 4 is 11.8 Å². The van der Waals surface area contributed by atoms with Crippen LogP contribution in [0.1, 0.15) is 41.1 Å². The number of carbonyl (C=O) groups is 2. The number of nitrogens with zero attached hydrogens (tertiary/aromatic N) is 3. The number of aromatic nitrogens is 1. The van der Waals surface area contributed by atoms with Gasteiger partial charge in [-0.2, -0.15) is 0 Å². The maximum Gasteiger partial charge on any atom is 0.276 e. The second kappa shape index (κ2) is 6.59. The monoisotopic (exact) mass is 353 g/mol. The minimum Gasteiger partial charge on any atom is -0.361 e. The molecule has 2 amide bonds. The van der Waals surface area contributed by atoms with Gasteiger partial charge in [0.2, 0.25) is 5.91 Å². The molecule has 0 aliphatic carbocycles. The van der Waals surface area contributed by atoms with Crippen LogP contribution in [0.25, 0.3) is 0 Å². The van der Waals surface area contributed by atoms with Crippen LogP contribution in [0.15, 0.2) is 40.9 Å². The summed E-state index contributed by atoms with van der Waals surface area (Å²) in [5, 5.41) is 3.91. The molecule has 6 heteroatoms. The molecule has 136 valence electrons. The van der Waals surface area contributed by atoms with Gasteiger partial charge in [-0.05, 0) is 18.9 Å². The highest BCUT2D eigenvalue weighted by molar-refractivity contribution is 5.93. The SMILES string of the molecule is CC(=O)N1CC[C@@H]2[C@H](C1)[C@@H](c1ccccc1)CN2C(=O)c1cc(C)on1. The van der Waals surface area contributed by atoms with Crippen LogP contribution in [0, 0.1) is 12.8 Å². The van der Waals surface area contributed by atoms with Gasteiger partial charge >= 0.3 is 0 Å². The third-order valence-corrected chi connectivity index (χ3v) is 5.71. The lowest BCUT2D eigenvalue weighted by atomic mass is 9.82. The van der Waals surface area contributed by atoms with Crippen molar-refractivity contribution in [1.29, 1.82) is 0 Å². The second-order valence-corrected chi connectivity index (χ2v) is 7.28. The molecule has 0 saturated carbocycles. The fourth-order valence-electron chi connectivity index (χ4n) is 4.42. The van der Waals surface area contributed by atoms with Crippen LogP contribution in [-0.4, -0.2) is 52.4 Å². The lowest BCUT2D eigenvalue weighted by Crippen LogP contribution is -2.49. The largest absolute Gasteiger partial charge is 0.361 e. The number of piperidine rings is 1. The predicted octanol–water partition coefficient (Wildman–Crippen LogP) is 2.46. The highest BCUT2D eigenvalue weighted by atomic mass is 16.5. The third-order valence-electron chi connectivity index (χ3n) is 5.71. The normalized spacial score (nSPS) is 25.2. The topological polar surface area (TPSA) is 66.7 Å². The Morgan fingerprint density at radius 2 is 1.96 bits per heavy atom. The molecule has 3 heterocycles. The summed E-state index contributed by atoms with van der Waals surface area (Å²) in [5.41, 5.74) is 1.59. The van der Waals surface area contributed by atoms with Crippen LogP contribution < -0.4 is 0 Å². The molecule has 6 nitrogen and oxygen atoms in total. The highest BCUT2D eigenvalue weighted by Gasteiger charge is 2.47. The van der Waals surface area contributed by atoms with Gasteiger partial charge in [0.05, 0.1) is 0 Å². The first-order chi connectivity index (χ1) is 12.5. The van der Waals surface area contributed by atoms with E-state index in [9.17, 15) is 9.59 Å². The standard InChI is InChI=1S/C20H23N3O3/c1-13-10-18(21-26-13)20(25)23-12-16(15-6-4-3-5-7-15)17-11-22(14(2)24)9-8-19(17)23/h3-7,10,16-17,19H,8-9,11-12H2,1-2H3/t16-,17-,19-/m1/s1. The molecule has 1 aromatic heterocycles. The number of aryl methyl sites for hydroxylation is 1. The van der Waals surface area contributed by atoms with E-state index in [1.807, 2.05) is 28.0 Å². The maximum atomic E-state index is 13.0. The zero-order chi connectivity index (χ0) is 18.3. The number of likely N-dealkylation sites (tertiary alicyclic amines) is 2. The van der Waals surface area contributed by atoms with Crippen LogP contribution in [0.2, 0.25) is 0 Å². The van der Waals surface area contributed by atoms with Crippen molar-refractivity contribution in [2.24, 2.45) is 5.92 Å². The number of carbonyl (C=O) groups excluding carboxylic acids is 2. The molecule has 0 radical (unpaired) electrons. The number of benzene rings is 1.